The fourth-order valence-corrected chi connectivity index (χ4v) is 1.66. The number of methoxy groups -OCH3 is 1. The summed E-state index contributed by atoms with van der Waals surface area (Å²) < 4.78 is 9.73. The van der Waals surface area contributed by atoms with E-state index < -0.39 is 17.2 Å². The highest BCUT2D eigenvalue weighted by Crippen LogP contribution is 2.15. The summed E-state index contributed by atoms with van der Waals surface area (Å²) in [7, 11) is 1.32. The van der Waals surface area contributed by atoms with Gasteiger partial charge in [0, 0.05) is 11.6 Å². The van der Waals surface area contributed by atoms with Gasteiger partial charge in [0.05, 0.1) is 13.5 Å². The highest BCUT2D eigenvalue weighted by molar-refractivity contribution is 5.70. The van der Waals surface area contributed by atoms with Gasteiger partial charge in [-0.2, -0.15) is 0 Å². The van der Waals surface area contributed by atoms with Crippen molar-refractivity contribution in [3.63, 3.8) is 0 Å². The van der Waals surface area contributed by atoms with E-state index in [0.717, 1.165) is 0 Å². The van der Waals surface area contributed by atoms with Crippen molar-refractivity contribution in [2.45, 2.75) is 64.6 Å². The number of alkyl carbamates (subject to hydrolysis) is 1. The molecule has 0 aliphatic rings. The molecule has 1 atom stereocenters. The van der Waals surface area contributed by atoms with E-state index in [1.807, 2.05) is 13.8 Å². The van der Waals surface area contributed by atoms with Gasteiger partial charge < -0.3 is 20.5 Å². The van der Waals surface area contributed by atoms with E-state index in [9.17, 15) is 9.59 Å². The van der Waals surface area contributed by atoms with Crippen LogP contribution in [-0.4, -0.2) is 36.4 Å². The summed E-state index contributed by atoms with van der Waals surface area (Å²) in [5.74, 6) is -0.361. The van der Waals surface area contributed by atoms with E-state index in [1.165, 1.54) is 7.11 Å². The Labute approximate surface area is 115 Å². The first-order chi connectivity index (χ1) is 8.45. The Bertz CT molecular complexity index is 321. The zero-order chi connectivity index (χ0) is 15.3. The minimum atomic E-state index is -0.560. The van der Waals surface area contributed by atoms with Crippen molar-refractivity contribution in [1.29, 1.82) is 0 Å². The summed E-state index contributed by atoms with van der Waals surface area (Å²) in [4.78, 5) is 22.8. The van der Waals surface area contributed by atoms with Gasteiger partial charge in [-0.05, 0) is 41.0 Å². The molecule has 0 radical (unpaired) electrons. The Kier molecular flexibility index (Phi) is 6.29. The summed E-state index contributed by atoms with van der Waals surface area (Å²) in [6, 6.07) is -0.377. The minimum absolute atomic E-state index is 0.121. The Morgan fingerprint density at radius 1 is 1.21 bits per heavy atom. The van der Waals surface area contributed by atoms with Gasteiger partial charge in [-0.1, -0.05) is 0 Å². The molecule has 1 unspecified atom stereocenters. The smallest absolute Gasteiger partial charge is 0.408 e. The molecule has 0 bridgehead atoms. The number of hydrogen-bond acceptors (Lipinski definition) is 5. The molecule has 0 saturated heterocycles. The van der Waals surface area contributed by atoms with E-state index in [2.05, 4.69) is 10.1 Å². The van der Waals surface area contributed by atoms with Crippen molar-refractivity contribution in [2.75, 3.05) is 7.11 Å². The van der Waals surface area contributed by atoms with Crippen LogP contribution in [-0.2, 0) is 14.3 Å². The second-order valence-electron chi connectivity index (χ2n) is 6.26. The number of nitrogens with two attached hydrogens (primary N) is 1. The largest absolute Gasteiger partial charge is 0.469 e. The lowest BCUT2D eigenvalue weighted by atomic mass is 9.94. The van der Waals surface area contributed by atoms with Crippen LogP contribution in [0.25, 0.3) is 0 Å². The standard InChI is InChI=1S/C13H26N2O4/c1-12(2,3)19-11(17)15-13(4,5)8-9(14)7-10(16)18-6/h9H,7-8,14H2,1-6H3,(H,15,17). The minimum Gasteiger partial charge on any atom is -0.469 e. The molecule has 0 aromatic rings. The molecule has 0 aliphatic carbocycles. The fourth-order valence-electron chi connectivity index (χ4n) is 1.66. The Hall–Kier alpha value is -1.30. The lowest BCUT2D eigenvalue weighted by Gasteiger charge is -2.30. The number of carbonyl (C=O) groups excluding carboxylic acids is 2. The molecule has 0 heterocycles. The number of hydrogen-bond donors (Lipinski definition) is 2. The lowest BCUT2D eigenvalue weighted by Crippen LogP contribution is -2.49. The highest BCUT2D eigenvalue weighted by atomic mass is 16.6. The molecule has 6 nitrogen and oxygen atoms in total. The molecule has 3 N–H and O–H groups in total. The average Bonchev–Trinajstić information content (AvgIpc) is 2.11. The number of ether oxygens (including phenoxy) is 2. The predicted molar refractivity (Wildman–Crippen MR) is 72.7 cm³/mol. The van der Waals surface area contributed by atoms with Crippen LogP contribution in [0.4, 0.5) is 4.79 Å². The number of esters is 1. The van der Waals surface area contributed by atoms with Crippen molar-refractivity contribution in [3.8, 4) is 0 Å². The van der Waals surface area contributed by atoms with E-state index in [4.69, 9.17) is 10.5 Å². The molecule has 112 valence electrons. The molecule has 0 spiro atoms. The first kappa shape index (κ1) is 17.7. The van der Waals surface area contributed by atoms with Crippen molar-refractivity contribution < 1.29 is 19.1 Å². The molecular weight excluding hydrogens is 248 g/mol. The van der Waals surface area contributed by atoms with E-state index in [-0.39, 0.29) is 18.4 Å². The van der Waals surface area contributed by atoms with Crippen LogP contribution >= 0.6 is 0 Å². The molecular formula is C13H26N2O4. The quantitative estimate of drug-likeness (QED) is 0.743. The SMILES string of the molecule is COC(=O)CC(N)CC(C)(C)NC(=O)OC(C)(C)C. The Balaban J connectivity index is 4.31. The first-order valence-electron chi connectivity index (χ1n) is 6.29. The number of nitrogens with one attached hydrogen (secondary N) is 1. The highest BCUT2D eigenvalue weighted by Gasteiger charge is 2.27. The van der Waals surface area contributed by atoms with Crippen LogP contribution < -0.4 is 11.1 Å². The summed E-state index contributed by atoms with van der Waals surface area (Å²) in [5, 5.41) is 2.74. The van der Waals surface area contributed by atoms with Crippen molar-refractivity contribution >= 4 is 12.1 Å². The number of rotatable bonds is 5. The van der Waals surface area contributed by atoms with Crippen LogP contribution in [0.15, 0.2) is 0 Å². The lowest BCUT2D eigenvalue weighted by molar-refractivity contribution is -0.141. The van der Waals surface area contributed by atoms with Crippen molar-refractivity contribution in [3.05, 3.63) is 0 Å². The predicted octanol–water partition coefficient (Wildman–Crippen LogP) is 1.57. The van der Waals surface area contributed by atoms with E-state index >= 15 is 0 Å². The van der Waals surface area contributed by atoms with Gasteiger partial charge in [-0.25, -0.2) is 4.79 Å². The normalized spacial score (nSPS) is 13.6. The third kappa shape index (κ3) is 9.30. The van der Waals surface area contributed by atoms with Gasteiger partial charge in [0.1, 0.15) is 5.60 Å². The third-order valence-electron chi connectivity index (χ3n) is 2.27. The maximum Gasteiger partial charge on any atom is 0.408 e. The summed E-state index contributed by atoms with van der Waals surface area (Å²) >= 11 is 0. The van der Waals surface area contributed by atoms with E-state index in [1.54, 1.807) is 20.8 Å². The first-order valence-corrected chi connectivity index (χ1v) is 6.29. The molecule has 1 amide bonds. The molecule has 6 heteroatoms. The Morgan fingerprint density at radius 2 is 1.74 bits per heavy atom. The van der Waals surface area contributed by atoms with Gasteiger partial charge in [0.15, 0.2) is 0 Å². The third-order valence-corrected chi connectivity index (χ3v) is 2.27. The van der Waals surface area contributed by atoms with Crippen molar-refractivity contribution in [2.24, 2.45) is 5.73 Å². The molecule has 19 heavy (non-hydrogen) atoms. The number of amides is 1. The maximum atomic E-state index is 11.7. The van der Waals surface area contributed by atoms with Gasteiger partial charge in [0.25, 0.3) is 0 Å². The second-order valence-corrected chi connectivity index (χ2v) is 6.26. The van der Waals surface area contributed by atoms with Crippen LogP contribution in [0, 0.1) is 0 Å². The van der Waals surface area contributed by atoms with Gasteiger partial charge in [0.2, 0.25) is 0 Å². The number of carbonyl (C=O) groups is 2. The van der Waals surface area contributed by atoms with Crippen LogP contribution in [0.3, 0.4) is 0 Å². The van der Waals surface area contributed by atoms with Crippen molar-refractivity contribution in [1.82, 2.24) is 5.32 Å². The fraction of sp³-hybridized carbons (Fsp3) is 0.846. The molecule has 0 aromatic heterocycles. The van der Waals surface area contributed by atoms with Gasteiger partial charge in [-0.3, -0.25) is 4.79 Å². The van der Waals surface area contributed by atoms with Gasteiger partial charge >= 0.3 is 12.1 Å². The zero-order valence-corrected chi connectivity index (χ0v) is 12.7. The van der Waals surface area contributed by atoms with Crippen LogP contribution in [0.1, 0.15) is 47.5 Å². The summed E-state index contributed by atoms with van der Waals surface area (Å²) in [6.07, 6.45) is 0.0693. The zero-order valence-electron chi connectivity index (χ0n) is 12.7. The Morgan fingerprint density at radius 3 is 2.16 bits per heavy atom. The van der Waals surface area contributed by atoms with Crippen LogP contribution in [0.2, 0.25) is 0 Å². The van der Waals surface area contributed by atoms with Crippen LogP contribution in [0.5, 0.6) is 0 Å². The molecule has 0 fully saturated rings. The summed E-state index contributed by atoms with van der Waals surface area (Å²) in [6.45, 7) is 9.04. The van der Waals surface area contributed by atoms with E-state index in [0.29, 0.717) is 6.42 Å². The molecule has 0 saturated carbocycles. The molecule has 0 rings (SSSR count). The monoisotopic (exact) mass is 274 g/mol. The topological polar surface area (TPSA) is 90.6 Å². The maximum absolute atomic E-state index is 11.7. The molecule has 0 aromatic carbocycles. The van der Waals surface area contributed by atoms with Gasteiger partial charge in [-0.15, -0.1) is 0 Å². The molecule has 0 aliphatic heterocycles. The summed E-state index contributed by atoms with van der Waals surface area (Å²) in [5.41, 5.74) is 4.74. The average molecular weight is 274 g/mol. The second kappa shape index (κ2) is 6.75.